The van der Waals surface area contributed by atoms with Crippen molar-refractivity contribution in [3.8, 4) is 11.5 Å². The molecule has 0 saturated heterocycles. The Morgan fingerprint density at radius 2 is 1.83 bits per heavy atom. The molecule has 0 bridgehead atoms. The fourth-order valence-corrected chi connectivity index (χ4v) is 3.47. The van der Waals surface area contributed by atoms with Crippen LogP contribution in [0.15, 0.2) is 36.4 Å². The summed E-state index contributed by atoms with van der Waals surface area (Å²) in [7, 11) is 1.60. The smallest absolute Gasteiger partial charge is 0.224 e. The van der Waals surface area contributed by atoms with Crippen molar-refractivity contribution in [1.82, 2.24) is 5.32 Å². The molecule has 7 nitrogen and oxygen atoms in total. The van der Waals surface area contributed by atoms with Gasteiger partial charge in [0.2, 0.25) is 11.8 Å². The van der Waals surface area contributed by atoms with E-state index in [-0.39, 0.29) is 11.8 Å². The van der Waals surface area contributed by atoms with Crippen LogP contribution in [0.1, 0.15) is 30.9 Å². The molecule has 1 aliphatic rings. The first-order valence-corrected chi connectivity index (χ1v) is 10.3. The summed E-state index contributed by atoms with van der Waals surface area (Å²) in [6, 6.07) is 11.7. The van der Waals surface area contributed by atoms with Gasteiger partial charge in [-0.15, -0.1) is 0 Å². The Morgan fingerprint density at radius 1 is 1.07 bits per heavy atom. The molecule has 3 rings (SSSR count). The molecule has 2 amide bonds. The molecule has 30 heavy (non-hydrogen) atoms. The quantitative estimate of drug-likeness (QED) is 0.523. The first-order valence-electron chi connectivity index (χ1n) is 10.3. The Hall–Kier alpha value is -3.06. The van der Waals surface area contributed by atoms with E-state index in [4.69, 9.17) is 9.47 Å². The minimum absolute atomic E-state index is 0.00405. The molecule has 0 saturated carbocycles. The van der Waals surface area contributed by atoms with Crippen molar-refractivity contribution in [2.24, 2.45) is 0 Å². The maximum Gasteiger partial charge on any atom is 0.224 e. The van der Waals surface area contributed by atoms with E-state index in [0.29, 0.717) is 25.2 Å². The second-order valence-electron chi connectivity index (χ2n) is 7.25. The molecule has 2 aromatic rings. The summed E-state index contributed by atoms with van der Waals surface area (Å²) in [5.74, 6) is 1.40. The zero-order valence-electron chi connectivity index (χ0n) is 17.5. The molecule has 0 spiro atoms. The van der Waals surface area contributed by atoms with E-state index in [1.807, 2.05) is 36.4 Å². The second-order valence-corrected chi connectivity index (χ2v) is 7.25. The van der Waals surface area contributed by atoms with Gasteiger partial charge in [-0.25, -0.2) is 0 Å². The van der Waals surface area contributed by atoms with E-state index < -0.39 is 0 Å². The number of fused-ring (bicyclic) bond motifs is 1. The van der Waals surface area contributed by atoms with Gasteiger partial charge in [0.15, 0.2) is 0 Å². The Balaban J connectivity index is 1.37. The van der Waals surface area contributed by atoms with Crippen molar-refractivity contribution in [1.29, 1.82) is 0 Å². The molecule has 7 heteroatoms. The Labute approximate surface area is 177 Å². The third kappa shape index (κ3) is 5.97. The summed E-state index contributed by atoms with van der Waals surface area (Å²) in [6.45, 7) is 3.70. The third-order valence-corrected chi connectivity index (χ3v) is 4.95. The molecule has 0 atom stereocenters. The second kappa shape index (κ2) is 10.6. The Morgan fingerprint density at radius 3 is 2.57 bits per heavy atom. The molecule has 1 heterocycles. The van der Waals surface area contributed by atoms with Crippen LogP contribution in [-0.2, 0) is 22.4 Å². The molecule has 0 unspecified atom stereocenters. The average molecular weight is 412 g/mol. The van der Waals surface area contributed by atoms with Gasteiger partial charge in [-0.2, -0.15) is 0 Å². The van der Waals surface area contributed by atoms with Crippen LogP contribution in [0.25, 0.3) is 0 Å². The number of benzene rings is 2. The van der Waals surface area contributed by atoms with Gasteiger partial charge in [0, 0.05) is 31.1 Å². The maximum atomic E-state index is 11.7. The van der Waals surface area contributed by atoms with Crippen LogP contribution in [-0.4, -0.2) is 38.6 Å². The van der Waals surface area contributed by atoms with Gasteiger partial charge in [0.05, 0.1) is 12.8 Å². The lowest BCUT2D eigenvalue weighted by molar-refractivity contribution is -0.116. The number of carbonyl (C=O) groups excluding carboxylic acids is 2. The number of hydrogen-bond donors (Lipinski definition) is 3. The third-order valence-electron chi connectivity index (χ3n) is 4.95. The minimum atomic E-state index is -0.0610. The van der Waals surface area contributed by atoms with E-state index in [1.54, 1.807) is 7.11 Å². The molecule has 1 aliphatic heterocycles. The van der Waals surface area contributed by atoms with Gasteiger partial charge >= 0.3 is 0 Å². The van der Waals surface area contributed by atoms with Gasteiger partial charge < -0.3 is 25.4 Å². The topological polar surface area (TPSA) is 88.7 Å². The lowest BCUT2D eigenvalue weighted by atomic mass is 10.0. The van der Waals surface area contributed by atoms with Crippen molar-refractivity contribution < 1.29 is 19.1 Å². The van der Waals surface area contributed by atoms with Crippen LogP contribution >= 0.6 is 0 Å². The number of amides is 2. The van der Waals surface area contributed by atoms with Crippen molar-refractivity contribution >= 4 is 23.2 Å². The lowest BCUT2D eigenvalue weighted by Crippen LogP contribution is -2.24. The lowest BCUT2D eigenvalue weighted by Gasteiger charge is -2.22. The molecule has 0 radical (unpaired) electrons. The molecule has 2 aromatic carbocycles. The Bertz CT molecular complexity index is 881. The van der Waals surface area contributed by atoms with Crippen molar-refractivity contribution in [3.63, 3.8) is 0 Å². The summed E-state index contributed by atoms with van der Waals surface area (Å²) in [6.07, 6.45) is 3.10. The number of ether oxygens (including phenoxy) is 2. The fourth-order valence-electron chi connectivity index (χ4n) is 3.47. The molecule has 0 aliphatic carbocycles. The average Bonchev–Trinajstić information content (AvgIpc) is 2.73. The van der Waals surface area contributed by atoms with E-state index in [2.05, 4.69) is 16.0 Å². The SMILES string of the molecule is COc1ccc(OCCNCCCc2ccc(NC(C)=O)cc2)c2c1NC(=O)CC2. The van der Waals surface area contributed by atoms with Crippen LogP contribution in [0, 0.1) is 0 Å². The number of methoxy groups -OCH3 is 1. The molecule has 0 fully saturated rings. The van der Waals surface area contributed by atoms with Crippen LogP contribution in [0.2, 0.25) is 0 Å². The summed E-state index contributed by atoms with van der Waals surface area (Å²) in [5, 5.41) is 9.05. The van der Waals surface area contributed by atoms with Crippen molar-refractivity contribution in [2.75, 3.05) is 37.4 Å². The first kappa shape index (κ1) is 21.6. The predicted molar refractivity (Wildman–Crippen MR) is 117 cm³/mol. The van der Waals surface area contributed by atoms with Crippen LogP contribution in [0.3, 0.4) is 0 Å². The Kier molecular flexibility index (Phi) is 7.68. The largest absolute Gasteiger partial charge is 0.495 e. The van der Waals surface area contributed by atoms with Crippen LogP contribution in [0.5, 0.6) is 11.5 Å². The zero-order valence-corrected chi connectivity index (χ0v) is 17.5. The summed E-state index contributed by atoms with van der Waals surface area (Å²) in [5.41, 5.74) is 3.79. The first-order chi connectivity index (χ1) is 14.6. The van der Waals surface area contributed by atoms with E-state index >= 15 is 0 Å². The van der Waals surface area contributed by atoms with E-state index in [0.717, 1.165) is 48.6 Å². The van der Waals surface area contributed by atoms with Crippen LogP contribution in [0.4, 0.5) is 11.4 Å². The van der Waals surface area contributed by atoms with E-state index in [1.165, 1.54) is 12.5 Å². The maximum absolute atomic E-state index is 11.7. The molecule has 0 aromatic heterocycles. The highest BCUT2D eigenvalue weighted by molar-refractivity contribution is 5.96. The van der Waals surface area contributed by atoms with Gasteiger partial charge in [-0.05, 0) is 55.6 Å². The van der Waals surface area contributed by atoms with Crippen LogP contribution < -0.4 is 25.4 Å². The monoisotopic (exact) mass is 411 g/mol. The number of hydrogen-bond acceptors (Lipinski definition) is 5. The molecule has 3 N–H and O–H groups in total. The number of nitrogens with one attached hydrogen (secondary N) is 3. The number of rotatable bonds is 10. The van der Waals surface area contributed by atoms with Crippen molar-refractivity contribution in [3.05, 3.63) is 47.5 Å². The number of anilines is 2. The molecular formula is C23H29N3O4. The highest BCUT2D eigenvalue weighted by atomic mass is 16.5. The number of carbonyl (C=O) groups is 2. The summed E-state index contributed by atoms with van der Waals surface area (Å²) < 4.78 is 11.3. The highest BCUT2D eigenvalue weighted by Gasteiger charge is 2.22. The highest BCUT2D eigenvalue weighted by Crippen LogP contribution is 2.38. The van der Waals surface area contributed by atoms with Gasteiger partial charge in [-0.3, -0.25) is 9.59 Å². The summed E-state index contributed by atoms with van der Waals surface area (Å²) in [4.78, 5) is 22.7. The van der Waals surface area contributed by atoms with Crippen molar-refractivity contribution in [2.45, 2.75) is 32.6 Å². The predicted octanol–water partition coefficient (Wildman–Crippen LogP) is 3.14. The summed E-state index contributed by atoms with van der Waals surface area (Å²) >= 11 is 0. The minimum Gasteiger partial charge on any atom is -0.495 e. The molecular weight excluding hydrogens is 382 g/mol. The number of aryl methyl sites for hydroxylation is 1. The normalized spacial score (nSPS) is 12.7. The fraction of sp³-hybridized carbons (Fsp3) is 0.391. The van der Waals surface area contributed by atoms with Gasteiger partial charge in [0.1, 0.15) is 18.1 Å². The van der Waals surface area contributed by atoms with E-state index in [9.17, 15) is 9.59 Å². The molecule has 160 valence electrons. The van der Waals surface area contributed by atoms with Gasteiger partial charge in [0.25, 0.3) is 0 Å². The zero-order chi connectivity index (χ0) is 21.3. The standard InChI is InChI=1S/C23H29N3O4/c1-16(27)25-18-7-5-17(6-8-18)4-3-13-24-14-15-30-20-10-11-21(29-2)23-19(20)9-12-22(28)26-23/h5-8,10-11,24H,3-4,9,12-15H2,1-2H3,(H,25,27)(H,26,28). The van der Waals surface area contributed by atoms with Gasteiger partial charge in [-0.1, -0.05) is 12.1 Å².